The van der Waals surface area contributed by atoms with Crippen LogP contribution in [0.2, 0.25) is 5.02 Å². The fourth-order valence-electron chi connectivity index (χ4n) is 4.98. The van der Waals surface area contributed by atoms with Crippen LogP contribution in [0.15, 0.2) is 18.2 Å². The summed E-state index contributed by atoms with van der Waals surface area (Å²) >= 11 is 5.64. The Kier molecular flexibility index (Phi) is 5.97. The highest BCUT2D eigenvalue weighted by Crippen LogP contribution is 2.52. The molecule has 8 heteroatoms. The third kappa shape index (κ3) is 4.83. The number of rotatable bonds is 7. The molecule has 0 spiro atoms. The summed E-state index contributed by atoms with van der Waals surface area (Å²) in [5.74, 6) is 0.409. The summed E-state index contributed by atoms with van der Waals surface area (Å²) in [6, 6.07) is 4.22. The Morgan fingerprint density at radius 2 is 2.10 bits per heavy atom. The van der Waals surface area contributed by atoms with Crippen molar-refractivity contribution in [3.05, 3.63) is 29.0 Å². The smallest absolute Gasteiger partial charge is 0.258 e. The number of carbonyl (C=O) groups is 2. The lowest BCUT2D eigenvalue weighted by molar-refractivity contribution is -0.126. The molecule has 1 aromatic rings. The molecule has 3 aliphatic carbocycles. The lowest BCUT2D eigenvalue weighted by Crippen LogP contribution is -2.53. The number of fused-ring (bicyclic) bond motifs is 1. The average Bonchev–Trinajstić information content (AvgIpc) is 3.16. The van der Waals surface area contributed by atoms with Gasteiger partial charge in [0.15, 0.2) is 6.61 Å². The highest BCUT2D eigenvalue weighted by atomic mass is 35.5. The van der Waals surface area contributed by atoms with Crippen molar-refractivity contribution in [2.45, 2.75) is 50.1 Å². The number of hydrogen-bond acceptors (Lipinski definition) is 4. The van der Waals surface area contributed by atoms with Crippen LogP contribution in [0.1, 0.15) is 38.5 Å². The van der Waals surface area contributed by atoms with E-state index in [-0.39, 0.29) is 40.8 Å². The lowest BCUT2D eigenvalue weighted by atomic mass is 9.76. The summed E-state index contributed by atoms with van der Waals surface area (Å²) in [5, 5.41) is 9.59. The van der Waals surface area contributed by atoms with E-state index in [4.69, 9.17) is 16.3 Å². The van der Waals surface area contributed by atoms with Crippen molar-refractivity contribution in [3.63, 3.8) is 0 Å². The van der Waals surface area contributed by atoms with E-state index in [1.165, 1.54) is 12.1 Å². The number of ether oxygens (including phenoxy) is 1. The van der Waals surface area contributed by atoms with Crippen molar-refractivity contribution in [1.29, 1.82) is 0 Å². The summed E-state index contributed by atoms with van der Waals surface area (Å²) in [5.41, 5.74) is -0.249. The van der Waals surface area contributed by atoms with Gasteiger partial charge in [0.1, 0.15) is 11.6 Å². The monoisotopic (exact) mass is 423 g/mol. The van der Waals surface area contributed by atoms with Gasteiger partial charge in [-0.3, -0.25) is 9.59 Å². The minimum absolute atomic E-state index is 0.0139. The third-order valence-corrected chi connectivity index (χ3v) is 6.68. The first-order valence-electron chi connectivity index (χ1n) is 10.3. The van der Waals surface area contributed by atoms with E-state index in [0.29, 0.717) is 18.3 Å². The first kappa shape index (κ1) is 20.4. The summed E-state index contributed by atoms with van der Waals surface area (Å²) in [6.07, 6.45) is 5.32. The predicted octanol–water partition coefficient (Wildman–Crippen LogP) is 2.40. The molecule has 1 heterocycles. The molecular formula is C21H27ClFN3O3. The molecule has 2 bridgehead atoms. The number of benzene rings is 1. The molecule has 2 atom stereocenters. The van der Waals surface area contributed by atoms with E-state index in [9.17, 15) is 14.0 Å². The van der Waals surface area contributed by atoms with Crippen molar-refractivity contribution in [2.24, 2.45) is 11.8 Å². The molecule has 1 saturated heterocycles. The molecule has 1 aromatic carbocycles. The Balaban J connectivity index is 1.21. The number of piperidine rings is 1. The highest BCUT2D eigenvalue weighted by molar-refractivity contribution is 6.30. The van der Waals surface area contributed by atoms with Crippen molar-refractivity contribution in [1.82, 2.24) is 16.0 Å². The van der Waals surface area contributed by atoms with Gasteiger partial charge in [-0.15, -0.1) is 0 Å². The van der Waals surface area contributed by atoms with Gasteiger partial charge >= 0.3 is 0 Å². The zero-order valence-electron chi connectivity index (χ0n) is 16.3. The van der Waals surface area contributed by atoms with Crippen LogP contribution in [0.4, 0.5) is 4.39 Å². The topological polar surface area (TPSA) is 79.5 Å². The van der Waals surface area contributed by atoms with Gasteiger partial charge in [0.25, 0.3) is 5.91 Å². The van der Waals surface area contributed by atoms with E-state index < -0.39 is 5.82 Å². The van der Waals surface area contributed by atoms with Crippen LogP contribution in [0, 0.1) is 17.7 Å². The molecule has 5 rings (SSSR count). The summed E-state index contributed by atoms with van der Waals surface area (Å²) < 4.78 is 18.8. The molecule has 3 N–H and O–H groups in total. The summed E-state index contributed by atoms with van der Waals surface area (Å²) in [4.78, 5) is 24.7. The van der Waals surface area contributed by atoms with Crippen molar-refractivity contribution < 1.29 is 18.7 Å². The van der Waals surface area contributed by atoms with Crippen LogP contribution >= 0.6 is 11.6 Å². The Morgan fingerprint density at radius 1 is 1.28 bits per heavy atom. The molecule has 0 aromatic heterocycles. The second-order valence-corrected chi connectivity index (χ2v) is 9.06. The summed E-state index contributed by atoms with van der Waals surface area (Å²) in [7, 11) is 0. The van der Waals surface area contributed by atoms with Crippen LogP contribution in [-0.4, -0.2) is 43.1 Å². The minimum atomic E-state index is -0.580. The number of hydrogen-bond donors (Lipinski definition) is 3. The first-order chi connectivity index (χ1) is 13.9. The fourth-order valence-corrected chi connectivity index (χ4v) is 5.10. The second-order valence-electron chi connectivity index (χ2n) is 8.66. The molecule has 4 fully saturated rings. The van der Waals surface area contributed by atoms with Crippen LogP contribution in [0.3, 0.4) is 0 Å². The minimum Gasteiger partial charge on any atom is -0.484 e. The van der Waals surface area contributed by atoms with E-state index in [2.05, 4.69) is 16.0 Å². The molecule has 0 radical (unpaired) electrons. The Bertz CT molecular complexity index is 778. The Labute approximate surface area is 174 Å². The Hall–Kier alpha value is -1.86. The average molecular weight is 424 g/mol. The number of amides is 2. The zero-order valence-corrected chi connectivity index (χ0v) is 17.1. The molecule has 3 saturated carbocycles. The fraction of sp³-hybridized carbons (Fsp3) is 0.619. The predicted molar refractivity (Wildman–Crippen MR) is 107 cm³/mol. The largest absolute Gasteiger partial charge is 0.484 e. The normalized spacial score (nSPS) is 30.3. The van der Waals surface area contributed by atoms with E-state index in [1.54, 1.807) is 0 Å². The highest BCUT2D eigenvalue weighted by Gasteiger charge is 2.57. The number of nitrogens with one attached hydrogen (secondary N) is 3. The van der Waals surface area contributed by atoms with Crippen molar-refractivity contribution in [3.8, 4) is 5.75 Å². The van der Waals surface area contributed by atoms with Gasteiger partial charge in [0.2, 0.25) is 5.91 Å². The van der Waals surface area contributed by atoms with E-state index >= 15 is 0 Å². The van der Waals surface area contributed by atoms with Gasteiger partial charge in [-0.2, -0.15) is 0 Å². The standard InChI is InChI=1S/C21H27ClFN3O3/c22-16-4-3-15(7-17(16)23)29-12-20(28)26-21-8-14(9-21)18(10-21)25-19(27)6-13-2-1-5-24-11-13/h3-4,7,13-14,18,24H,1-2,5-6,8-12H2,(H,25,27)(H,26,28)/t13?,14?,18-,21?/m0/s1. The molecule has 4 aliphatic rings. The summed E-state index contributed by atoms with van der Waals surface area (Å²) in [6.45, 7) is 1.78. The molecular weight excluding hydrogens is 397 g/mol. The first-order valence-corrected chi connectivity index (χ1v) is 10.7. The molecule has 2 amide bonds. The molecule has 1 unspecified atom stereocenters. The molecule has 158 valence electrons. The lowest BCUT2D eigenvalue weighted by Gasteiger charge is -2.39. The van der Waals surface area contributed by atoms with E-state index in [1.807, 2.05) is 0 Å². The van der Waals surface area contributed by atoms with Gasteiger partial charge in [-0.05, 0) is 69.2 Å². The van der Waals surface area contributed by atoms with Crippen molar-refractivity contribution >= 4 is 23.4 Å². The third-order valence-electron chi connectivity index (χ3n) is 6.37. The van der Waals surface area contributed by atoms with Gasteiger partial charge < -0.3 is 20.7 Å². The van der Waals surface area contributed by atoms with Crippen LogP contribution in [-0.2, 0) is 9.59 Å². The number of halogens is 2. The van der Waals surface area contributed by atoms with Gasteiger partial charge in [-0.25, -0.2) is 4.39 Å². The quantitative estimate of drug-likeness (QED) is 0.629. The van der Waals surface area contributed by atoms with Crippen LogP contribution in [0.25, 0.3) is 0 Å². The zero-order chi connectivity index (χ0) is 20.4. The molecule has 1 aliphatic heterocycles. The maximum atomic E-state index is 13.4. The van der Waals surface area contributed by atoms with Gasteiger partial charge in [-0.1, -0.05) is 11.6 Å². The SMILES string of the molecule is O=C(CC1CCCNC1)N[C@H]1CC2(NC(=O)COc3ccc(Cl)c(F)c3)CC1C2. The molecule has 6 nitrogen and oxygen atoms in total. The van der Waals surface area contributed by atoms with Gasteiger partial charge in [0.05, 0.1) is 5.02 Å². The van der Waals surface area contributed by atoms with E-state index in [0.717, 1.165) is 51.3 Å². The number of carbonyl (C=O) groups excluding carboxylic acids is 2. The van der Waals surface area contributed by atoms with Gasteiger partial charge in [0, 0.05) is 24.1 Å². The van der Waals surface area contributed by atoms with Crippen LogP contribution < -0.4 is 20.7 Å². The second kappa shape index (κ2) is 8.48. The maximum Gasteiger partial charge on any atom is 0.258 e. The maximum absolute atomic E-state index is 13.4. The molecule has 29 heavy (non-hydrogen) atoms. The van der Waals surface area contributed by atoms with Crippen LogP contribution in [0.5, 0.6) is 5.75 Å². The van der Waals surface area contributed by atoms with Crippen molar-refractivity contribution in [2.75, 3.05) is 19.7 Å². The Morgan fingerprint density at radius 3 is 2.83 bits per heavy atom.